The molecule has 2 aromatic carbocycles. The average molecular weight is 444 g/mol. The summed E-state index contributed by atoms with van der Waals surface area (Å²) in [6.07, 6.45) is 4.95. The van der Waals surface area contributed by atoms with E-state index in [0.717, 1.165) is 65.5 Å². The Morgan fingerprint density at radius 3 is 2.70 bits per heavy atom. The normalized spacial score (nSPS) is 11.3. The Morgan fingerprint density at radius 1 is 1.06 bits per heavy atom. The van der Waals surface area contributed by atoms with E-state index in [-0.39, 0.29) is 0 Å². The van der Waals surface area contributed by atoms with Crippen molar-refractivity contribution in [3.63, 3.8) is 0 Å². The number of nitrogens with one attached hydrogen (secondary N) is 3. The minimum atomic E-state index is 0.553. The molecule has 0 radical (unpaired) electrons. The lowest BCUT2D eigenvalue weighted by Gasteiger charge is -2.21. The van der Waals surface area contributed by atoms with Gasteiger partial charge in [-0.15, -0.1) is 0 Å². The summed E-state index contributed by atoms with van der Waals surface area (Å²) in [4.78, 5) is 14.9. The second kappa shape index (κ2) is 10.9. The van der Waals surface area contributed by atoms with E-state index in [2.05, 4.69) is 74.9 Å². The number of nitrogens with zero attached hydrogens (tertiary/aromatic N) is 3. The summed E-state index contributed by atoms with van der Waals surface area (Å²) < 4.78 is 0. The fourth-order valence-electron chi connectivity index (χ4n) is 3.95. The van der Waals surface area contributed by atoms with E-state index in [1.807, 2.05) is 25.4 Å². The lowest BCUT2D eigenvalue weighted by atomic mass is 10.2. The first-order valence-corrected chi connectivity index (χ1v) is 11.6. The average Bonchev–Trinajstić information content (AvgIpc) is 3.31. The number of rotatable bonds is 11. The third kappa shape index (κ3) is 5.88. The standard InChI is InChI=1S/C26H33N7/c1-3-14-33(15-12-27)18-20-7-9-21(10-8-20)29-17-25-30-16-19(2)26(32-25)31-24-6-4-5-23-22(24)11-13-28-23/h4-11,13,16,28-29H,3,12,14-15,17-18,27H2,1-2H3,(H,30,31,32). The molecule has 7 heteroatoms. The predicted octanol–water partition coefficient (Wildman–Crippen LogP) is 4.79. The lowest BCUT2D eigenvalue weighted by molar-refractivity contribution is 0.273. The number of aromatic nitrogens is 3. The minimum absolute atomic E-state index is 0.553. The van der Waals surface area contributed by atoms with Gasteiger partial charge >= 0.3 is 0 Å². The van der Waals surface area contributed by atoms with E-state index in [9.17, 15) is 0 Å². The summed E-state index contributed by atoms with van der Waals surface area (Å²) in [6, 6.07) is 16.8. The van der Waals surface area contributed by atoms with Gasteiger partial charge in [0.25, 0.3) is 0 Å². The molecule has 0 fully saturated rings. The molecule has 4 aromatic rings. The maximum absolute atomic E-state index is 5.75. The van der Waals surface area contributed by atoms with Crippen molar-refractivity contribution in [2.75, 3.05) is 30.3 Å². The number of aryl methyl sites for hydroxylation is 1. The van der Waals surface area contributed by atoms with Crippen molar-refractivity contribution < 1.29 is 0 Å². The minimum Gasteiger partial charge on any atom is -0.378 e. The zero-order chi connectivity index (χ0) is 23.0. The Balaban J connectivity index is 1.39. The van der Waals surface area contributed by atoms with Crippen LogP contribution in [0.5, 0.6) is 0 Å². The van der Waals surface area contributed by atoms with Crippen molar-refractivity contribution in [3.8, 4) is 0 Å². The predicted molar refractivity (Wildman–Crippen MR) is 137 cm³/mol. The molecule has 0 aliphatic carbocycles. The van der Waals surface area contributed by atoms with Gasteiger partial charge in [0.15, 0.2) is 0 Å². The molecule has 33 heavy (non-hydrogen) atoms. The lowest BCUT2D eigenvalue weighted by Crippen LogP contribution is -2.29. The summed E-state index contributed by atoms with van der Waals surface area (Å²) in [5.41, 5.74) is 11.2. The van der Waals surface area contributed by atoms with E-state index in [4.69, 9.17) is 10.7 Å². The van der Waals surface area contributed by atoms with Crippen molar-refractivity contribution in [1.82, 2.24) is 19.9 Å². The number of benzene rings is 2. The maximum Gasteiger partial charge on any atom is 0.149 e. The van der Waals surface area contributed by atoms with Crippen LogP contribution in [-0.4, -0.2) is 39.5 Å². The maximum atomic E-state index is 5.75. The van der Waals surface area contributed by atoms with Gasteiger partial charge in [0, 0.05) is 59.9 Å². The molecule has 4 rings (SSSR count). The second-order valence-electron chi connectivity index (χ2n) is 8.30. The molecule has 2 aromatic heterocycles. The van der Waals surface area contributed by atoms with Crippen LogP contribution in [-0.2, 0) is 13.1 Å². The molecule has 0 saturated heterocycles. The summed E-state index contributed by atoms with van der Waals surface area (Å²) in [6.45, 7) is 8.37. The molecule has 0 aliphatic heterocycles. The Labute approximate surface area is 195 Å². The highest BCUT2D eigenvalue weighted by molar-refractivity contribution is 5.93. The van der Waals surface area contributed by atoms with Crippen LogP contribution in [0.2, 0.25) is 0 Å². The first-order chi connectivity index (χ1) is 16.2. The smallest absolute Gasteiger partial charge is 0.149 e. The highest BCUT2D eigenvalue weighted by Gasteiger charge is 2.08. The quantitative estimate of drug-likeness (QED) is 0.266. The Kier molecular flexibility index (Phi) is 7.55. The molecule has 5 N–H and O–H groups in total. The van der Waals surface area contributed by atoms with Crippen LogP contribution in [0.25, 0.3) is 10.9 Å². The van der Waals surface area contributed by atoms with E-state index in [1.54, 1.807) is 0 Å². The topological polar surface area (TPSA) is 94.9 Å². The molecular formula is C26H33N7. The van der Waals surface area contributed by atoms with Crippen LogP contribution in [0, 0.1) is 6.92 Å². The van der Waals surface area contributed by atoms with E-state index in [1.165, 1.54) is 5.56 Å². The van der Waals surface area contributed by atoms with Crippen molar-refractivity contribution in [2.24, 2.45) is 5.73 Å². The van der Waals surface area contributed by atoms with Gasteiger partial charge < -0.3 is 21.4 Å². The van der Waals surface area contributed by atoms with Gasteiger partial charge in [-0.25, -0.2) is 9.97 Å². The second-order valence-corrected chi connectivity index (χ2v) is 8.30. The van der Waals surface area contributed by atoms with Gasteiger partial charge in [0.2, 0.25) is 0 Å². The first-order valence-electron chi connectivity index (χ1n) is 11.6. The molecule has 0 aliphatic rings. The molecule has 2 heterocycles. The van der Waals surface area contributed by atoms with Crippen LogP contribution >= 0.6 is 0 Å². The third-order valence-corrected chi connectivity index (χ3v) is 5.67. The van der Waals surface area contributed by atoms with Crippen LogP contribution in [0.1, 0.15) is 30.3 Å². The van der Waals surface area contributed by atoms with Gasteiger partial charge in [0.1, 0.15) is 11.6 Å². The van der Waals surface area contributed by atoms with Crippen LogP contribution in [0.15, 0.2) is 60.9 Å². The number of anilines is 3. The molecule has 0 atom stereocenters. The number of fused-ring (bicyclic) bond motifs is 1. The Hall–Kier alpha value is -3.42. The number of hydrogen-bond acceptors (Lipinski definition) is 6. The zero-order valence-corrected chi connectivity index (χ0v) is 19.4. The summed E-state index contributed by atoms with van der Waals surface area (Å²) >= 11 is 0. The van der Waals surface area contributed by atoms with E-state index >= 15 is 0 Å². The first kappa shape index (κ1) is 22.8. The molecular weight excluding hydrogens is 410 g/mol. The van der Waals surface area contributed by atoms with Crippen molar-refractivity contribution in [2.45, 2.75) is 33.4 Å². The summed E-state index contributed by atoms with van der Waals surface area (Å²) in [5.74, 6) is 1.56. The molecule has 172 valence electrons. The number of aromatic amines is 1. The molecule has 7 nitrogen and oxygen atoms in total. The van der Waals surface area contributed by atoms with Gasteiger partial charge in [-0.05, 0) is 55.8 Å². The summed E-state index contributed by atoms with van der Waals surface area (Å²) in [5, 5.41) is 8.05. The molecule has 0 saturated carbocycles. The Morgan fingerprint density at radius 2 is 1.91 bits per heavy atom. The number of H-pyrrole nitrogens is 1. The van der Waals surface area contributed by atoms with Crippen LogP contribution in [0.4, 0.5) is 17.2 Å². The van der Waals surface area contributed by atoms with Gasteiger partial charge in [-0.2, -0.15) is 0 Å². The molecule has 0 amide bonds. The van der Waals surface area contributed by atoms with Gasteiger partial charge in [-0.1, -0.05) is 25.1 Å². The van der Waals surface area contributed by atoms with Crippen molar-refractivity contribution >= 4 is 28.1 Å². The number of nitrogens with two attached hydrogens (primary N) is 1. The van der Waals surface area contributed by atoms with E-state index in [0.29, 0.717) is 13.1 Å². The van der Waals surface area contributed by atoms with Crippen molar-refractivity contribution in [3.05, 3.63) is 77.9 Å². The van der Waals surface area contributed by atoms with Crippen LogP contribution < -0.4 is 16.4 Å². The fraction of sp³-hybridized carbons (Fsp3) is 0.308. The molecule has 0 bridgehead atoms. The fourth-order valence-corrected chi connectivity index (χ4v) is 3.95. The molecule has 0 unspecified atom stereocenters. The van der Waals surface area contributed by atoms with Gasteiger partial charge in [-0.3, -0.25) is 4.90 Å². The summed E-state index contributed by atoms with van der Waals surface area (Å²) in [7, 11) is 0. The Bertz CT molecular complexity index is 1160. The SMILES string of the molecule is CCCN(CCN)Cc1ccc(NCc2ncc(C)c(Nc3cccc4[nH]ccc34)n2)cc1. The van der Waals surface area contributed by atoms with Crippen LogP contribution in [0.3, 0.4) is 0 Å². The highest BCUT2D eigenvalue weighted by Crippen LogP contribution is 2.26. The van der Waals surface area contributed by atoms with Gasteiger partial charge in [0.05, 0.1) is 6.54 Å². The molecule has 0 spiro atoms. The van der Waals surface area contributed by atoms with E-state index < -0.39 is 0 Å². The largest absolute Gasteiger partial charge is 0.378 e. The highest BCUT2D eigenvalue weighted by atomic mass is 15.1. The third-order valence-electron chi connectivity index (χ3n) is 5.67. The monoisotopic (exact) mass is 443 g/mol. The zero-order valence-electron chi connectivity index (χ0n) is 19.4. The van der Waals surface area contributed by atoms with Crippen molar-refractivity contribution in [1.29, 1.82) is 0 Å². The number of hydrogen-bond donors (Lipinski definition) is 4.